The summed E-state index contributed by atoms with van der Waals surface area (Å²) in [7, 11) is 0. The molecule has 0 saturated heterocycles. The molecule has 0 atom stereocenters. The van der Waals surface area contributed by atoms with E-state index in [1.807, 2.05) is 5.38 Å². The van der Waals surface area contributed by atoms with Crippen LogP contribution in [-0.4, -0.2) is 33.0 Å². The summed E-state index contributed by atoms with van der Waals surface area (Å²) in [6, 6.07) is 0. The molecule has 0 aliphatic carbocycles. The summed E-state index contributed by atoms with van der Waals surface area (Å²) in [4.78, 5) is 0. The van der Waals surface area contributed by atoms with Gasteiger partial charge in [0.15, 0.2) is 5.06 Å². The van der Waals surface area contributed by atoms with E-state index in [-0.39, 0.29) is 0 Å². The monoisotopic (exact) mass is 400 g/mol. The Labute approximate surface area is 129 Å². The highest BCUT2D eigenvalue weighted by molar-refractivity contribution is 9.13. The Morgan fingerprint density at radius 1 is 1.06 bits per heavy atom. The van der Waals surface area contributed by atoms with Crippen LogP contribution in [0.25, 0.3) is 0 Å². The lowest BCUT2D eigenvalue weighted by atomic mass is 10.4. The van der Waals surface area contributed by atoms with Crippen LogP contribution in [0.3, 0.4) is 0 Å². The molecule has 0 aromatic carbocycles. The number of rotatable bonds is 10. The quantitative estimate of drug-likeness (QED) is 0.540. The van der Waals surface area contributed by atoms with E-state index in [1.54, 1.807) is 11.3 Å². The van der Waals surface area contributed by atoms with Gasteiger partial charge in [-0.1, -0.05) is 13.3 Å². The molecule has 1 aromatic rings. The third-order valence-corrected chi connectivity index (χ3v) is 5.53. The highest BCUT2D eigenvalue weighted by Gasteiger charge is 2.07. The van der Waals surface area contributed by atoms with Crippen molar-refractivity contribution in [3.05, 3.63) is 14.3 Å². The molecular weight excluding hydrogens is 384 g/mol. The molecule has 1 rings (SSSR count). The van der Waals surface area contributed by atoms with E-state index < -0.39 is 0 Å². The first-order valence-electron chi connectivity index (χ1n) is 5.96. The number of unbranched alkanes of at least 4 members (excludes halogenated alkanes) is 1. The third-order valence-electron chi connectivity index (χ3n) is 2.13. The summed E-state index contributed by atoms with van der Waals surface area (Å²) in [6.45, 7) is 5.40. The molecule has 0 saturated carbocycles. The highest BCUT2D eigenvalue weighted by Crippen LogP contribution is 2.38. The maximum Gasteiger partial charge on any atom is 0.189 e. The summed E-state index contributed by atoms with van der Waals surface area (Å²) in [5.41, 5.74) is 0. The van der Waals surface area contributed by atoms with Crippen LogP contribution in [0, 0.1) is 0 Å². The normalized spacial score (nSPS) is 10.8. The summed E-state index contributed by atoms with van der Waals surface area (Å²) < 4.78 is 18.4. The van der Waals surface area contributed by atoms with Crippen LogP contribution >= 0.6 is 43.2 Å². The first-order valence-corrected chi connectivity index (χ1v) is 8.43. The lowest BCUT2D eigenvalue weighted by molar-refractivity contribution is 0.0359. The van der Waals surface area contributed by atoms with Crippen molar-refractivity contribution in [3.8, 4) is 5.06 Å². The van der Waals surface area contributed by atoms with Gasteiger partial charge < -0.3 is 14.2 Å². The molecule has 0 amide bonds. The Balaban J connectivity index is 1.94. The summed E-state index contributed by atoms with van der Waals surface area (Å²) >= 11 is 8.42. The van der Waals surface area contributed by atoms with Gasteiger partial charge in [0.1, 0.15) is 6.61 Å². The third kappa shape index (κ3) is 6.52. The van der Waals surface area contributed by atoms with Gasteiger partial charge in [0.05, 0.1) is 24.3 Å². The van der Waals surface area contributed by atoms with Gasteiger partial charge in [-0.25, -0.2) is 0 Å². The molecule has 0 N–H and O–H groups in total. The zero-order valence-electron chi connectivity index (χ0n) is 10.4. The van der Waals surface area contributed by atoms with E-state index in [0.29, 0.717) is 26.4 Å². The van der Waals surface area contributed by atoms with Crippen molar-refractivity contribution in [3.63, 3.8) is 0 Å². The Hall–Kier alpha value is 0.380. The van der Waals surface area contributed by atoms with Gasteiger partial charge in [-0.2, -0.15) is 0 Å². The number of hydrogen-bond acceptors (Lipinski definition) is 4. The molecule has 6 heteroatoms. The number of halogens is 2. The molecule has 0 aliphatic rings. The van der Waals surface area contributed by atoms with E-state index in [2.05, 4.69) is 38.8 Å². The van der Waals surface area contributed by atoms with Crippen molar-refractivity contribution in [1.82, 2.24) is 0 Å². The van der Waals surface area contributed by atoms with Crippen molar-refractivity contribution < 1.29 is 14.2 Å². The van der Waals surface area contributed by atoms with E-state index in [9.17, 15) is 0 Å². The van der Waals surface area contributed by atoms with Crippen molar-refractivity contribution in [2.45, 2.75) is 19.8 Å². The Morgan fingerprint density at radius 3 is 2.33 bits per heavy atom. The fourth-order valence-electron chi connectivity index (χ4n) is 1.17. The lowest BCUT2D eigenvalue weighted by Gasteiger charge is -2.06. The first kappa shape index (κ1) is 16.4. The van der Waals surface area contributed by atoms with Crippen molar-refractivity contribution in [2.24, 2.45) is 0 Å². The zero-order valence-corrected chi connectivity index (χ0v) is 14.4. The van der Waals surface area contributed by atoms with Gasteiger partial charge >= 0.3 is 0 Å². The largest absolute Gasteiger partial charge is 0.481 e. The van der Waals surface area contributed by atoms with Gasteiger partial charge in [0.2, 0.25) is 0 Å². The predicted molar refractivity (Wildman–Crippen MR) is 81.8 cm³/mol. The van der Waals surface area contributed by atoms with E-state index in [4.69, 9.17) is 14.2 Å². The molecule has 104 valence electrons. The van der Waals surface area contributed by atoms with Crippen LogP contribution in [0.2, 0.25) is 0 Å². The Morgan fingerprint density at radius 2 is 1.72 bits per heavy atom. The van der Waals surface area contributed by atoms with Gasteiger partial charge in [-0.3, -0.25) is 0 Å². The second kappa shape index (κ2) is 10.2. The Bertz CT molecular complexity index is 331. The Kier molecular flexibility index (Phi) is 9.31. The van der Waals surface area contributed by atoms with Crippen molar-refractivity contribution in [2.75, 3.05) is 33.0 Å². The molecular formula is C12H18Br2O3S. The van der Waals surface area contributed by atoms with Crippen LogP contribution in [0.1, 0.15) is 19.8 Å². The molecule has 18 heavy (non-hydrogen) atoms. The molecule has 0 aliphatic heterocycles. The summed E-state index contributed by atoms with van der Waals surface area (Å²) in [5.74, 6) is 0. The zero-order chi connectivity index (χ0) is 13.2. The number of hydrogen-bond donors (Lipinski definition) is 0. The van der Waals surface area contributed by atoms with Crippen LogP contribution in [0.15, 0.2) is 14.3 Å². The standard InChI is InChI=1S/C12H18Br2O3S/c1-2-3-4-15-5-6-16-7-8-17-12-11(14)10(13)9-18-12/h9H,2-8H2,1H3. The van der Waals surface area contributed by atoms with E-state index in [1.165, 1.54) is 6.42 Å². The second-order valence-corrected chi connectivity index (χ2v) is 6.10. The van der Waals surface area contributed by atoms with Crippen LogP contribution in [-0.2, 0) is 9.47 Å². The fourth-order valence-corrected chi connectivity index (χ4v) is 3.11. The van der Waals surface area contributed by atoms with Gasteiger partial charge in [-0.05, 0) is 38.3 Å². The van der Waals surface area contributed by atoms with E-state index in [0.717, 1.165) is 27.0 Å². The average Bonchev–Trinajstić information content (AvgIpc) is 2.68. The molecule has 0 unspecified atom stereocenters. The molecule has 0 bridgehead atoms. The highest BCUT2D eigenvalue weighted by atomic mass is 79.9. The molecule has 3 nitrogen and oxygen atoms in total. The minimum Gasteiger partial charge on any atom is -0.481 e. The predicted octanol–water partition coefficient (Wildman–Crippen LogP) is 4.49. The molecule has 1 heterocycles. The van der Waals surface area contributed by atoms with Crippen LogP contribution in [0.5, 0.6) is 5.06 Å². The SMILES string of the molecule is CCCCOCCOCCOc1scc(Br)c1Br. The van der Waals surface area contributed by atoms with Gasteiger partial charge in [-0.15, -0.1) is 11.3 Å². The van der Waals surface area contributed by atoms with E-state index >= 15 is 0 Å². The molecule has 0 spiro atoms. The summed E-state index contributed by atoms with van der Waals surface area (Å²) in [6.07, 6.45) is 2.28. The maximum absolute atomic E-state index is 5.58. The first-order chi connectivity index (χ1) is 8.75. The minimum absolute atomic E-state index is 0.556. The minimum atomic E-state index is 0.556. The number of thiophene rings is 1. The molecule has 0 radical (unpaired) electrons. The van der Waals surface area contributed by atoms with Crippen LogP contribution < -0.4 is 4.74 Å². The van der Waals surface area contributed by atoms with Crippen molar-refractivity contribution >= 4 is 43.2 Å². The van der Waals surface area contributed by atoms with Crippen LogP contribution in [0.4, 0.5) is 0 Å². The maximum atomic E-state index is 5.58. The molecule has 0 fully saturated rings. The van der Waals surface area contributed by atoms with Crippen molar-refractivity contribution in [1.29, 1.82) is 0 Å². The summed E-state index contributed by atoms with van der Waals surface area (Å²) in [5, 5.41) is 2.87. The second-order valence-electron chi connectivity index (χ2n) is 3.61. The smallest absolute Gasteiger partial charge is 0.189 e. The lowest BCUT2D eigenvalue weighted by Crippen LogP contribution is -2.10. The van der Waals surface area contributed by atoms with Gasteiger partial charge in [0, 0.05) is 16.5 Å². The van der Waals surface area contributed by atoms with Gasteiger partial charge in [0.25, 0.3) is 0 Å². The fraction of sp³-hybridized carbons (Fsp3) is 0.667. The molecule has 1 aromatic heterocycles. The average molecular weight is 402 g/mol. The topological polar surface area (TPSA) is 27.7 Å². The number of ether oxygens (including phenoxy) is 3.